The first-order valence-corrected chi connectivity index (χ1v) is 9.51. The van der Waals surface area contributed by atoms with Crippen LogP contribution in [0.15, 0.2) is 29.4 Å². The van der Waals surface area contributed by atoms with Gasteiger partial charge in [-0.15, -0.1) is 0 Å². The number of rotatable bonds is 7. The van der Waals surface area contributed by atoms with Crippen LogP contribution in [0.4, 0.5) is 0 Å². The van der Waals surface area contributed by atoms with Gasteiger partial charge >= 0.3 is 0 Å². The Morgan fingerprint density at radius 2 is 2.12 bits per heavy atom. The van der Waals surface area contributed by atoms with Crippen LogP contribution in [0.3, 0.4) is 0 Å². The molecule has 0 aliphatic carbocycles. The zero-order chi connectivity index (χ0) is 17.6. The number of carbonyl (C=O) groups is 1. The standard InChI is InChI=1S/C20H29N3O2/c1-3-16-14-19(24)21-22-20(16)17-7-9-18(10-8-17)25-13-5-12-23-11-4-6-15(23)2/h7-10,15-16H,3-6,11-14H2,1-2H3,(H,21,24)/t15-,16?/m1/s1. The average Bonchev–Trinajstić information content (AvgIpc) is 3.04. The van der Waals surface area contributed by atoms with E-state index in [4.69, 9.17) is 4.74 Å². The number of ether oxygens (including phenoxy) is 1. The summed E-state index contributed by atoms with van der Waals surface area (Å²) in [5, 5.41) is 4.26. The molecule has 5 heteroatoms. The third-order valence-corrected chi connectivity index (χ3v) is 5.31. The fourth-order valence-electron chi connectivity index (χ4n) is 3.72. The average molecular weight is 343 g/mol. The molecule has 2 aliphatic rings. The lowest BCUT2D eigenvalue weighted by atomic mass is 9.90. The summed E-state index contributed by atoms with van der Waals surface area (Å²) in [6.45, 7) is 7.50. The molecule has 1 saturated heterocycles. The molecule has 1 fully saturated rings. The number of likely N-dealkylation sites (tertiary alicyclic amines) is 1. The van der Waals surface area contributed by atoms with Crippen molar-refractivity contribution in [3.05, 3.63) is 29.8 Å². The number of hydrazone groups is 1. The van der Waals surface area contributed by atoms with E-state index < -0.39 is 0 Å². The summed E-state index contributed by atoms with van der Waals surface area (Å²) in [5.74, 6) is 1.09. The highest BCUT2D eigenvalue weighted by Crippen LogP contribution is 2.22. The highest BCUT2D eigenvalue weighted by atomic mass is 16.5. The second kappa shape index (κ2) is 8.48. The Morgan fingerprint density at radius 1 is 1.32 bits per heavy atom. The van der Waals surface area contributed by atoms with Crippen molar-refractivity contribution >= 4 is 11.6 Å². The van der Waals surface area contributed by atoms with E-state index >= 15 is 0 Å². The molecular weight excluding hydrogens is 314 g/mol. The summed E-state index contributed by atoms with van der Waals surface area (Å²) >= 11 is 0. The van der Waals surface area contributed by atoms with Gasteiger partial charge in [0.2, 0.25) is 5.91 Å². The lowest BCUT2D eigenvalue weighted by Gasteiger charge is -2.22. The molecule has 136 valence electrons. The Morgan fingerprint density at radius 3 is 2.80 bits per heavy atom. The Balaban J connectivity index is 1.49. The molecule has 0 aromatic heterocycles. The Bertz CT molecular complexity index is 612. The van der Waals surface area contributed by atoms with Gasteiger partial charge in [-0.2, -0.15) is 5.10 Å². The molecule has 5 nitrogen and oxygen atoms in total. The lowest BCUT2D eigenvalue weighted by molar-refractivity contribution is -0.122. The van der Waals surface area contributed by atoms with Gasteiger partial charge in [0.15, 0.2) is 0 Å². The van der Waals surface area contributed by atoms with Crippen LogP contribution in [0, 0.1) is 5.92 Å². The molecule has 0 spiro atoms. The third kappa shape index (κ3) is 4.60. The normalized spacial score (nSPS) is 24.1. The smallest absolute Gasteiger partial charge is 0.240 e. The molecule has 2 aliphatic heterocycles. The van der Waals surface area contributed by atoms with Gasteiger partial charge in [-0.1, -0.05) is 6.92 Å². The van der Waals surface area contributed by atoms with Crippen molar-refractivity contribution < 1.29 is 9.53 Å². The number of nitrogens with zero attached hydrogens (tertiary/aromatic N) is 2. The molecule has 1 unspecified atom stereocenters. The van der Waals surface area contributed by atoms with Crippen LogP contribution in [0.25, 0.3) is 0 Å². The first-order valence-electron chi connectivity index (χ1n) is 9.51. The second-order valence-corrected chi connectivity index (χ2v) is 7.09. The third-order valence-electron chi connectivity index (χ3n) is 5.31. The minimum absolute atomic E-state index is 0.00266. The molecule has 0 saturated carbocycles. The van der Waals surface area contributed by atoms with Crippen LogP contribution in [0.5, 0.6) is 5.75 Å². The van der Waals surface area contributed by atoms with Gasteiger partial charge in [-0.25, -0.2) is 5.43 Å². The molecule has 2 heterocycles. The van der Waals surface area contributed by atoms with Crippen molar-refractivity contribution in [1.29, 1.82) is 0 Å². The highest BCUT2D eigenvalue weighted by Gasteiger charge is 2.24. The van der Waals surface area contributed by atoms with Gasteiger partial charge in [0, 0.05) is 24.9 Å². The lowest BCUT2D eigenvalue weighted by Crippen LogP contribution is -2.33. The van der Waals surface area contributed by atoms with E-state index in [2.05, 4.69) is 29.3 Å². The maximum Gasteiger partial charge on any atom is 0.240 e. The molecule has 25 heavy (non-hydrogen) atoms. The van der Waals surface area contributed by atoms with Gasteiger partial charge in [0.1, 0.15) is 5.75 Å². The predicted octanol–water partition coefficient (Wildman–Crippen LogP) is 3.19. The molecule has 1 N–H and O–H groups in total. The summed E-state index contributed by atoms with van der Waals surface area (Å²) in [4.78, 5) is 14.0. The van der Waals surface area contributed by atoms with Gasteiger partial charge in [0.25, 0.3) is 0 Å². The molecule has 1 aromatic rings. The van der Waals surface area contributed by atoms with Crippen molar-refractivity contribution in [3.8, 4) is 5.75 Å². The summed E-state index contributed by atoms with van der Waals surface area (Å²) in [6.07, 6.45) is 5.14. The zero-order valence-corrected chi connectivity index (χ0v) is 15.3. The fourth-order valence-corrected chi connectivity index (χ4v) is 3.72. The fraction of sp³-hybridized carbons (Fsp3) is 0.600. The topological polar surface area (TPSA) is 53.9 Å². The minimum atomic E-state index is 0.00266. The van der Waals surface area contributed by atoms with E-state index in [0.717, 1.165) is 49.1 Å². The van der Waals surface area contributed by atoms with Gasteiger partial charge < -0.3 is 9.64 Å². The number of nitrogens with one attached hydrogen (secondary N) is 1. The van der Waals surface area contributed by atoms with E-state index in [0.29, 0.717) is 6.42 Å². The van der Waals surface area contributed by atoms with Crippen LogP contribution < -0.4 is 10.2 Å². The van der Waals surface area contributed by atoms with Gasteiger partial charge in [-0.3, -0.25) is 4.79 Å². The maximum atomic E-state index is 11.5. The first kappa shape index (κ1) is 17.9. The predicted molar refractivity (Wildman–Crippen MR) is 99.9 cm³/mol. The Hall–Kier alpha value is -1.88. The summed E-state index contributed by atoms with van der Waals surface area (Å²) in [6, 6.07) is 8.80. The van der Waals surface area contributed by atoms with E-state index in [9.17, 15) is 4.79 Å². The van der Waals surface area contributed by atoms with Gasteiger partial charge in [0.05, 0.1) is 12.3 Å². The van der Waals surface area contributed by atoms with Gasteiger partial charge in [-0.05, 0) is 69.0 Å². The molecular formula is C20H29N3O2. The van der Waals surface area contributed by atoms with Crippen LogP contribution in [-0.2, 0) is 4.79 Å². The number of amides is 1. The monoisotopic (exact) mass is 343 g/mol. The number of hydrogen-bond donors (Lipinski definition) is 1. The van der Waals surface area contributed by atoms with Crippen molar-refractivity contribution in [2.45, 2.75) is 52.0 Å². The first-order chi connectivity index (χ1) is 12.2. The van der Waals surface area contributed by atoms with E-state index in [1.807, 2.05) is 24.3 Å². The molecule has 1 amide bonds. The molecule has 2 atom stereocenters. The molecule has 3 rings (SSSR count). The van der Waals surface area contributed by atoms with E-state index in [1.165, 1.54) is 19.4 Å². The van der Waals surface area contributed by atoms with Crippen LogP contribution in [-0.4, -0.2) is 42.3 Å². The van der Waals surface area contributed by atoms with E-state index in [-0.39, 0.29) is 11.8 Å². The highest BCUT2D eigenvalue weighted by molar-refractivity contribution is 6.05. The zero-order valence-electron chi connectivity index (χ0n) is 15.3. The molecule has 0 radical (unpaired) electrons. The number of hydrogen-bond acceptors (Lipinski definition) is 4. The van der Waals surface area contributed by atoms with Crippen molar-refractivity contribution in [1.82, 2.24) is 10.3 Å². The van der Waals surface area contributed by atoms with Crippen molar-refractivity contribution in [2.75, 3.05) is 19.7 Å². The van der Waals surface area contributed by atoms with Crippen LogP contribution >= 0.6 is 0 Å². The minimum Gasteiger partial charge on any atom is -0.494 e. The summed E-state index contributed by atoms with van der Waals surface area (Å²) in [5.41, 5.74) is 4.62. The Labute approximate surface area is 150 Å². The maximum absolute atomic E-state index is 11.5. The summed E-state index contributed by atoms with van der Waals surface area (Å²) in [7, 11) is 0. The second-order valence-electron chi connectivity index (χ2n) is 7.09. The van der Waals surface area contributed by atoms with E-state index in [1.54, 1.807) is 0 Å². The van der Waals surface area contributed by atoms with Crippen molar-refractivity contribution in [2.24, 2.45) is 11.0 Å². The van der Waals surface area contributed by atoms with Crippen molar-refractivity contribution in [3.63, 3.8) is 0 Å². The largest absolute Gasteiger partial charge is 0.494 e. The number of carbonyl (C=O) groups excluding carboxylic acids is 1. The molecule has 1 aromatic carbocycles. The molecule has 0 bridgehead atoms. The summed E-state index contributed by atoms with van der Waals surface area (Å²) < 4.78 is 5.88. The Kier molecular flexibility index (Phi) is 6.08. The SMILES string of the molecule is CCC1CC(=O)NN=C1c1ccc(OCCCN2CCC[C@H]2C)cc1. The quantitative estimate of drug-likeness (QED) is 0.774. The van der Waals surface area contributed by atoms with Crippen LogP contribution in [0.2, 0.25) is 0 Å². The number of benzene rings is 1. The van der Waals surface area contributed by atoms with Crippen LogP contribution in [0.1, 0.15) is 51.5 Å².